The van der Waals surface area contributed by atoms with Crippen LogP contribution in [-0.2, 0) is 6.54 Å². The van der Waals surface area contributed by atoms with Gasteiger partial charge in [-0.15, -0.1) is 0 Å². The summed E-state index contributed by atoms with van der Waals surface area (Å²) in [4.78, 5) is 9.22. The van der Waals surface area contributed by atoms with Crippen molar-refractivity contribution in [3.8, 4) is 0 Å². The van der Waals surface area contributed by atoms with Crippen molar-refractivity contribution in [3.63, 3.8) is 0 Å². The zero-order chi connectivity index (χ0) is 16.7. The van der Waals surface area contributed by atoms with Gasteiger partial charge in [0.1, 0.15) is 5.76 Å². The summed E-state index contributed by atoms with van der Waals surface area (Å²) in [7, 11) is 1.87. The molecule has 1 saturated heterocycles. The zero-order valence-corrected chi connectivity index (χ0v) is 15.0. The Bertz CT molecular complexity index is 487. The number of aryl methyl sites for hydroxylation is 1. The van der Waals surface area contributed by atoms with Gasteiger partial charge in [-0.25, -0.2) is 0 Å². The Hall–Kier alpha value is -1.56. The first-order chi connectivity index (χ1) is 11.2. The Morgan fingerprint density at radius 1 is 1.30 bits per heavy atom. The second-order valence-corrected chi connectivity index (χ2v) is 6.30. The summed E-state index contributed by atoms with van der Waals surface area (Å²) in [6.07, 6.45) is 2.43. The molecule has 0 atom stereocenters. The molecule has 1 aromatic heterocycles. The first kappa shape index (κ1) is 17.8. The number of aliphatic imine (C=N–C) groups is 1. The van der Waals surface area contributed by atoms with E-state index in [4.69, 9.17) is 4.52 Å². The van der Waals surface area contributed by atoms with Gasteiger partial charge in [-0.05, 0) is 12.8 Å². The molecule has 0 radical (unpaired) electrons. The van der Waals surface area contributed by atoms with E-state index in [9.17, 15) is 0 Å². The summed E-state index contributed by atoms with van der Waals surface area (Å²) in [6, 6.07) is 2.02. The minimum Gasteiger partial charge on any atom is -0.361 e. The Balaban J connectivity index is 1.77. The summed E-state index contributed by atoms with van der Waals surface area (Å²) < 4.78 is 5.14. The zero-order valence-electron chi connectivity index (χ0n) is 15.0. The Kier molecular flexibility index (Phi) is 6.89. The maximum atomic E-state index is 5.14. The van der Waals surface area contributed by atoms with Gasteiger partial charge in [-0.2, -0.15) is 0 Å². The molecular formula is C17H31N5O. The Labute approximate surface area is 139 Å². The molecule has 0 spiro atoms. The minimum atomic E-state index is 0.725. The van der Waals surface area contributed by atoms with Crippen molar-refractivity contribution in [2.75, 3.05) is 39.8 Å². The van der Waals surface area contributed by atoms with E-state index in [1.165, 1.54) is 12.8 Å². The van der Waals surface area contributed by atoms with Crippen molar-refractivity contribution in [1.82, 2.24) is 20.3 Å². The molecule has 1 N–H and O–H groups in total. The van der Waals surface area contributed by atoms with Gasteiger partial charge in [0.15, 0.2) is 5.96 Å². The maximum Gasteiger partial charge on any atom is 0.193 e. The van der Waals surface area contributed by atoms with E-state index in [2.05, 4.69) is 39.1 Å². The highest BCUT2D eigenvalue weighted by atomic mass is 16.5. The van der Waals surface area contributed by atoms with Crippen LogP contribution >= 0.6 is 0 Å². The Morgan fingerprint density at radius 2 is 2.00 bits per heavy atom. The van der Waals surface area contributed by atoms with Crippen LogP contribution < -0.4 is 5.32 Å². The summed E-state index contributed by atoms with van der Waals surface area (Å²) in [5, 5.41) is 7.62. The van der Waals surface area contributed by atoms with Crippen molar-refractivity contribution in [2.24, 2.45) is 10.9 Å². The number of hydrogen-bond acceptors (Lipinski definition) is 4. The fourth-order valence-corrected chi connectivity index (χ4v) is 2.98. The van der Waals surface area contributed by atoms with Crippen molar-refractivity contribution < 1.29 is 4.52 Å². The second-order valence-electron chi connectivity index (χ2n) is 6.30. The quantitative estimate of drug-likeness (QED) is 0.642. The van der Waals surface area contributed by atoms with E-state index < -0.39 is 0 Å². The summed E-state index contributed by atoms with van der Waals surface area (Å²) in [6.45, 7) is 12.4. The lowest BCUT2D eigenvalue weighted by molar-refractivity contribution is 0.168. The van der Waals surface area contributed by atoms with Crippen LogP contribution in [0.3, 0.4) is 0 Å². The molecule has 0 amide bonds. The molecule has 0 aliphatic carbocycles. The number of piperazine rings is 1. The lowest BCUT2D eigenvalue weighted by Gasteiger charge is -2.36. The van der Waals surface area contributed by atoms with Crippen molar-refractivity contribution in [2.45, 2.75) is 40.2 Å². The summed E-state index contributed by atoms with van der Waals surface area (Å²) in [5.41, 5.74) is 1.02. The smallest absolute Gasteiger partial charge is 0.193 e. The van der Waals surface area contributed by atoms with Gasteiger partial charge < -0.3 is 14.7 Å². The van der Waals surface area contributed by atoms with Gasteiger partial charge in [0.05, 0.1) is 5.69 Å². The van der Waals surface area contributed by atoms with E-state index in [0.717, 1.165) is 62.6 Å². The van der Waals surface area contributed by atoms with Gasteiger partial charge in [0.2, 0.25) is 0 Å². The van der Waals surface area contributed by atoms with Crippen LogP contribution in [0.25, 0.3) is 0 Å². The number of nitrogens with one attached hydrogen (secondary N) is 1. The molecule has 2 heterocycles. The van der Waals surface area contributed by atoms with Crippen LogP contribution in [-0.4, -0.2) is 60.7 Å². The third-order valence-electron chi connectivity index (χ3n) is 4.65. The van der Waals surface area contributed by atoms with E-state index in [-0.39, 0.29) is 0 Å². The molecule has 1 aliphatic rings. The molecule has 0 saturated carbocycles. The van der Waals surface area contributed by atoms with Crippen LogP contribution in [0.4, 0.5) is 0 Å². The highest BCUT2D eigenvalue weighted by Gasteiger charge is 2.20. The average Bonchev–Trinajstić information content (AvgIpc) is 2.98. The van der Waals surface area contributed by atoms with Crippen molar-refractivity contribution in [1.29, 1.82) is 0 Å². The number of hydrogen-bond donors (Lipinski definition) is 1. The molecule has 130 valence electrons. The molecular weight excluding hydrogens is 290 g/mol. The van der Waals surface area contributed by atoms with Crippen LogP contribution in [0.5, 0.6) is 0 Å². The van der Waals surface area contributed by atoms with Crippen molar-refractivity contribution in [3.05, 3.63) is 17.5 Å². The SMILES string of the molecule is CCC(CC)CNC(=NC)N1CCN(Cc2cc(C)on2)CC1. The van der Waals surface area contributed by atoms with Crippen LogP contribution in [0.1, 0.15) is 38.1 Å². The van der Waals surface area contributed by atoms with Crippen LogP contribution in [0.2, 0.25) is 0 Å². The maximum absolute atomic E-state index is 5.14. The largest absolute Gasteiger partial charge is 0.361 e. The molecule has 1 fully saturated rings. The third kappa shape index (κ3) is 5.23. The molecule has 1 aliphatic heterocycles. The Morgan fingerprint density at radius 3 is 2.52 bits per heavy atom. The van der Waals surface area contributed by atoms with E-state index in [0.29, 0.717) is 0 Å². The standard InChI is InChI=1S/C17H31N5O/c1-5-15(6-2)12-19-17(18-4)22-9-7-21(8-10-22)13-16-11-14(3)23-20-16/h11,15H,5-10,12-13H2,1-4H3,(H,18,19). The fraction of sp³-hybridized carbons (Fsp3) is 0.765. The molecule has 1 aromatic rings. The first-order valence-corrected chi connectivity index (χ1v) is 8.76. The van der Waals surface area contributed by atoms with E-state index in [1.807, 2.05) is 20.0 Å². The molecule has 6 heteroatoms. The average molecular weight is 321 g/mol. The lowest BCUT2D eigenvalue weighted by atomic mass is 10.0. The lowest BCUT2D eigenvalue weighted by Crippen LogP contribution is -2.52. The molecule has 23 heavy (non-hydrogen) atoms. The van der Waals surface area contributed by atoms with Gasteiger partial charge in [0.25, 0.3) is 0 Å². The number of nitrogens with zero attached hydrogens (tertiary/aromatic N) is 4. The highest BCUT2D eigenvalue weighted by Crippen LogP contribution is 2.10. The van der Waals surface area contributed by atoms with Crippen LogP contribution in [0, 0.1) is 12.8 Å². The topological polar surface area (TPSA) is 56.9 Å². The number of aromatic nitrogens is 1. The molecule has 6 nitrogen and oxygen atoms in total. The summed E-state index contributed by atoms with van der Waals surface area (Å²) in [5.74, 6) is 2.64. The van der Waals surface area contributed by atoms with Crippen molar-refractivity contribution >= 4 is 5.96 Å². The molecule has 0 aromatic carbocycles. The van der Waals surface area contributed by atoms with Crippen LogP contribution in [0.15, 0.2) is 15.6 Å². The third-order valence-corrected chi connectivity index (χ3v) is 4.65. The summed E-state index contributed by atoms with van der Waals surface area (Å²) >= 11 is 0. The highest BCUT2D eigenvalue weighted by molar-refractivity contribution is 5.80. The number of rotatable bonds is 6. The molecule has 2 rings (SSSR count). The molecule has 0 bridgehead atoms. The number of guanidine groups is 1. The van der Waals surface area contributed by atoms with Gasteiger partial charge >= 0.3 is 0 Å². The van der Waals surface area contributed by atoms with Gasteiger partial charge in [-0.3, -0.25) is 9.89 Å². The monoisotopic (exact) mass is 321 g/mol. The van der Waals surface area contributed by atoms with Gasteiger partial charge in [-0.1, -0.05) is 31.8 Å². The normalized spacial score (nSPS) is 17.1. The first-order valence-electron chi connectivity index (χ1n) is 8.76. The predicted octanol–water partition coefficient (Wildman–Crippen LogP) is 2.11. The van der Waals surface area contributed by atoms with E-state index in [1.54, 1.807) is 0 Å². The second kappa shape index (κ2) is 8.91. The predicted molar refractivity (Wildman–Crippen MR) is 93.5 cm³/mol. The minimum absolute atomic E-state index is 0.725. The molecule has 0 unspecified atom stereocenters. The van der Waals surface area contributed by atoms with Gasteiger partial charge in [0, 0.05) is 52.4 Å². The fourth-order valence-electron chi connectivity index (χ4n) is 2.98. The van der Waals surface area contributed by atoms with E-state index >= 15 is 0 Å².